The molecule has 0 bridgehead atoms. The molecule has 0 saturated carbocycles. The highest BCUT2D eigenvalue weighted by molar-refractivity contribution is 6.33. The lowest BCUT2D eigenvalue weighted by molar-refractivity contribution is -0.141. The van der Waals surface area contributed by atoms with Crippen LogP contribution >= 0.6 is 11.6 Å². The molecule has 2 heterocycles. The number of hydrogen-bond acceptors (Lipinski definition) is 3. The van der Waals surface area contributed by atoms with Crippen molar-refractivity contribution in [3.8, 4) is 0 Å². The highest BCUT2D eigenvalue weighted by atomic mass is 35.5. The standard InChI is InChI=1S/C12H15ClN2O2/c1-8-11(13)10(4-5-14-8)15-6-2-3-9(7-15)12(16)17/h4-5,9H,2-3,6-7H2,1H3,(H,16,17). The zero-order valence-corrected chi connectivity index (χ0v) is 10.4. The molecule has 1 fully saturated rings. The highest BCUT2D eigenvalue weighted by Gasteiger charge is 2.26. The van der Waals surface area contributed by atoms with Gasteiger partial charge in [0.1, 0.15) is 0 Å². The SMILES string of the molecule is Cc1nccc(N2CCCC(C(=O)O)C2)c1Cl. The van der Waals surface area contributed by atoms with Gasteiger partial charge in [-0.3, -0.25) is 9.78 Å². The first-order valence-electron chi connectivity index (χ1n) is 5.68. The summed E-state index contributed by atoms with van der Waals surface area (Å²) in [6.45, 7) is 3.23. The maximum atomic E-state index is 11.0. The number of aryl methyl sites for hydroxylation is 1. The normalized spacial score (nSPS) is 20.4. The summed E-state index contributed by atoms with van der Waals surface area (Å²) >= 11 is 6.20. The van der Waals surface area contributed by atoms with Gasteiger partial charge in [-0.25, -0.2) is 0 Å². The average molecular weight is 255 g/mol. The van der Waals surface area contributed by atoms with Gasteiger partial charge in [-0.1, -0.05) is 11.6 Å². The minimum Gasteiger partial charge on any atom is -0.481 e. The van der Waals surface area contributed by atoms with Crippen molar-refractivity contribution >= 4 is 23.3 Å². The monoisotopic (exact) mass is 254 g/mol. The second kappa shape index (κ2) is 4.92. The zero-order valence-electron chi connectivity index (χ0n) is 9.69. The third-order valence-electron chi connectivity index (χ3n) is 3.15. The number of carboxylic acid groups (broad SMARTS) is 1. The van der Waals surface area contributed by atoms with Crippen LogP contribution < -0.4 is 4.90 Å². The number of hydrogen-bond donors (Lipinski definition) is 1. The fraction of sp³-hybridized carbons (Fsp3) is 0.500. The molecule has 1 atom stereocenters. The van der Waals surface area contributed by atoms with E-state index in [4.69, 9.17) is 16.7 Å². The van der Waals surface area contributed by atoms with Crippen LogP contribution in [-0.2, 0) is 4.79 Å². The summed E-state index contributed by atoms with van der Waals surface area (Å²) in [7, 11) is 0. The number of aliphatic carboxylic acids is 1. The van der Waals surface area contributed by atoms with Gasteiger partial charge in [0.25, 0.3) is 0 Å². The summed E-state index contributed by atoms with van der Waals surface area (Å²) in [6.07, 6.45) is 3.34. The lowest BCUT2D eigenvalue weighted by Crippen LogP contribution is -2.38. The molecule has 0 amide bonds. The van der Waals surface area contributed by atoms with Crippen LogP contribution in [0.2, 0.25) is 5.02 Å². The molecule has 0 aromatic carbocycles. The van der Waals surface area contributed by atoms with Crippen molar-refractivity contribution in [2.45, 2.75) is 19.8 Å². The maximum Gasteiger partial charge on any atom is 0.308 e. The fourth-order valence-electron chi connectivity index (χ4n) is 2.18. The van der Waals surface area contributed by atoms with E-state index >= 15 is 0 Å². The van der Waals surface area contributed by atoms with E-state index in [0.717, 1.165) is 30.8 Å². The Hall–Kier alpha value is -1.29. The highest BCUT2D eigenvalue weighted by Crippen LogP contribution is 2.30. The molecule has 92 valence electrons. The van der Waals surface area contributed by atoms with Crippen molar-refractivity contribution in [3.05, 3.63) is 23.0 Å². The molecule has 0 aliphatic carbocycles. The molecule has 2 rings (SSSR count). The van der Waals surface area contributed by atoms with Crippen molar-refractivity contribution in [3.63, 3.8) is 0 Å². The predicted molar refractivity (Wildman–Crippen MR) is 66.6 cm³/mol. The lowest BCUT2D eigenvalue weighted by Gasteiger charge is -2.33. The van der Waals surface area contributed by atoms with Crippen LogP contribution in [0.25, 0.3) is 0 Å². The first-order valence-corrected chi connectivity index (χ1v) is 6.06. The molecule has 0 spiro atoms. The molecule has 17 heavy (non-hydrogen) atoms. The number of pyridine rings is 1. The van der Waals surface area contributed by atoms with Crippen LogP contribution in [0.5, 0.6) is 0 Å². The van der Waals surface area contributed by atoms with Crippen molar-refractivity contribution in [2.24, 2.45) is 5.92 Å². The molecule has 1 aromatic rings. The molecular formula is C12H15ClN2O2. The van der Waals surface area contributed by atoms with Gasteiger partial charge in [-0.05, 0) is 25.8 Å². The number of carboxylic acids is 1. The van der Waals surface area contributed by atoms with E-state index in [1.807, 2.05) is 17.9 Å². The van der Waals surface area contributed by atoms with Crippen LogP contribution in [0.15, 0.2) is 12.3 Å². The van der Waals surface area contributed by atoms with Gasteiger partial charge in [0, 0.05) is 19.3 Å². The minimum atomic E-state index is -0.725. The lowest BCUT2D eigenvalue weighted by atomic mass is 9.98. The Balaban J connectivity index is 2.22. The molecule has 0 radical (unpaired) electrons. The van der Waals surface area contributed by atoms with Crippen molar-refractivity contribution in [1.29, 1.82) is 0 Å². The molecule has 1 unspecified atom stereocenters. The number of anilines is 1. The number of piperidine rings is 1. The van der Waals surface area contributed by atoms with E-state index in [1.165, 1.54) is 0 Å². The van der Waals surface area contributed by atoms with Crippen molar-refractivity contribution < 1.29 is 9.90 Å². The molecule has 1 aliphatic heterocycles. The van der Waals surface area contributed by atoms with E-state index in [0.29, 0.717) is 11.6 Å². The Morgan fingerprint density at radius 2 is 2.41 bits per heavy atom. The first-order chi connectivity index (χ1) is 8.09. The minimum absolute atomic E-state index is 0.298. The van der Waals surface area contributed by atoms with E-state index < -0.39 is 5.97 Å². The number of rotatable bonds is 2. The van der Waals surface area contributed by atoms with Crippen LogP contribution in [0, 0.1) is 12.8 Å². The molecular weight excluding hydrogens is 240 g/mol. The Bertz CT molecular complexity index is 437. The van der Waals surface area contributed by atoms with Gasteiger partial charge in [-0.2, -0.15) is 0 Å². The van der Waals surface area contributed by atoms with E-state index in [1.54, 1.807) is 6.20 Å². The van der Waals surface area contributed by atoms with Crippen LogP contribution in [0.1, 0.15) is 18.5 Å². The number of nitrogens with zero attached hydrogens (tertiary/aromatic N) is 2. The second-order valence-corrected chi connectivity index (χ2v) is 4.73. The predicted octanol–water partition coefficient (Wildman–Crippen LogP) is 2.34. The molecule has 5 heteroatoms. The Kier molecular flexibility index (Phi) is 3.52. The van der Waals surface area contributed by atoms with Crippen molar-refractivity contribution in [2.75, 3.05) is 18.0 Å². The van der Waals surface area contributed by atoms with Gasteiger partial charge in [-0.15, -0.1) is 0 Å². The number of aromatic nitrogens is 1. The molecule has 1 N–H and O–H groups in total. The number of carbonyl (C=O) groups is 1. The van der Waals surface area contributed by atoms with Gasteiger partial charge >= 0.3 is 5.97 Å². The maximum absolute atomic E-state index is 11.0. The van der Waals surface area contributed by atoms with Gasteiger partial charge < -0.3 is 10.0 Å². The Labute approximate surface area is 105 Å². The third-order valence-corrected chi connectivity index (χ3v) is 3.62. The van der Waals surface area contributed by atoms with Crippen LogP contribution in [-0.4, -0.2) is 29.1 Å². The van der Waals surface area contributed by atoms with Gasteiger partial charge in [0.05, 0.1) is 22.3 Å². The molecule has 1 saturated heterocycles. The summed E-state index contributed by atoms with van der Waals surface area (Å²) in [4.78, 5) is 17.2. The van der Waals surface area contributed by atoms with E-state index in [-0.39, 0.29) is 5.92 Å². The fourth-order valence-corrected chi connectivity index (χ4v) is 2.41. The average Bonchev–Trinajstić information content (AvgIpc) is 2.33. The number of halogens is 1. The topological polar surface area (TPSA) is 53.4 Å². The summed E-state index contributed by atoms with van der Waals surface area (Å²) in [5.41, 5.74) is 1.67. The van der Waals surface area contributed by atoms with Crippen molar-refractivity contribution in [1.82, 2.24) is 4.98 Å². The third kappa shape index (κ3) is 2.52. The molecule has 4 nitrogen and oxygen atoms in total. The van der Waals surface area contributed by atoms with Gasteiger partial charge in [0.2, 0.25) is 0 Å². The van der Waals surface area contributed by atoms with Crippen LogP contribution in [0.4, 0.5) is 5.69 Å². The van der Waals surface area contributed by atoms with E-state index in [2.05, 4.69) is 4.98 Å². The smallest absolute Gasteiger partial charge is 0.308 e. The quantitative estimate of drug-likeness (QED) is 0.880. The Morgan fingerprint density at radius 3 is 3.12 bits per heavy atom. The summed E-state index contributed by atoms with van der Waals surface area (Å²) in [5, 5.41) is 9.68. The largest absolute Gasteiger partial charge is 0.481 e. The summed E-state index contributed by atoms with van der Waals surface area (Å²) < 4.78 is 0. The Morgan fingerprint density at radius 1 is 1.65 bits per heavy atom. The molecule has 1 aliphatic rings. The summed E-state index contributed by atoms with van der Waals surface area (Å²) in [5.74, 6) is -1.02. The summed E-state index contributed by atoms with van der Waals surface area (Å²) in [6, 6.07) is 1.85. The van der Waals surface area contributed by atoms with Gasteiger partial charge in [0.15, 0.2) is 0 Å². The molecule has 1 aromatic heterocycles. The second-order valence-electron chi connectivity index (χ2n) is 4.35. The zero-order chi connectivity index (χ0) is 12.4. The van der Waals surface area contributed by atoms with Crippen LogP contribution in [0.3, 0.4) is 0 Å². The van der Waals surface area contributed by atoms with E-state index in [9.17, 15) is 4.79 Å². The first kappa shape index (κ1) is 12.2.